The molecule has 1 aliphatic heterocycles. The molecule has 0 unspecified atom stereocenters. The Labute approximate surface area is 165 Å². The van der Waals surface area contributed by atoms with Gasteiger partial charge >= 0.3 is 0 Å². The third-order valence-corrected chi connectivity index (χ3v) is 6.82. The number of methoxy groups -OCH3 is 1. The average molecular weight is 404 g/mol. The summed E-state index contributed by atoms with van der Waals surface area (Å²) in [6.45, 7) is 5.30. The molecule has 2 atom stereocenters. The number of amides is 1. The number of rotatable bonds is 4. The molecule has 0 aromatic heterocycles. The maximum absolute atomic E-state index is 13.4. The van der Waals surface area contributed by atoms with Crippen LogP contribution in [-0.4, -0.2) is 38.4 Å². The van der Waals surface area contributed by atoms with E-state index in [1.165, 1.54) is 23.4 Å². The molecule has 1 amide bonds. The van der Waals surface area contributed by atoms with E-state index in [0.717, 1.165) is 5.56 Å². The molecule has 0 saturated heterocycles. The third-order valence-electron chi connectivity index (χ3n) is 4.72. The van der Waals surface area contributed by atoms with Crippen LogP contribution in [0.4, 0.5) is 5.69 Å². The molecule has 0 radical (unpaired) electrons. The zero-order chi connectivity index (χ0) is 20.5. The van der Waals surface area contributed by atoms with Gasteiger partial charge in [0.05, 0.1) is 24.1 Å². The molecule has 0 saturated carbocycles. The van der Waals surface area contributed by atoms with Crippen molar-refractivity contribution in [1.29, 1.82) is 0 Å². The number of ether oxygens (including phenoxy) is 2. The van der Waals surface area contributed by atoms with Crippen molar-refractivity contribution in [3.05, 3.63) is 48.0 Å². The highest BCUT2D eigenvalue weighted by molar-refractivity contribution is 7.89. The highest BCUT2D eigenvalue weighted by Crippen LogP contribution is 2.39. The van der Waals surface area contributed by atoms with Gasteiger partial charge in [0.15, 0.2) is 0 Å². The van der Waals surface area contributed by atoms with E-state index in [2.05, 4.69) is 5.32 Å². The first kappa shape index (κ1) is 20.2. The van der Waals surface area contributed by atoms with E-state index in [0.29, 0.717) is 17.2 Å². The minimum Gasteiger partial charge on any atom is -0.497 e. The number of hydrogen-bond donors (Lipinski definition) is 1. The molecular weight excluding hydrogens is 380 g/mol. The van der Waals surface area contributed by atoms with E-state index in [1.54, 1.807) is 31.4 Å². The van der Waals surface area contributed by atoms with Gasteiger partial charge in [0.2, 0.25) is 15.9 Å². The SMILES string of the molecule is COc1ccc2c(c1)OC[C@@H](C)N(S(=O)(=O)c1ccc(NC(C)=O)cc1)[C@@H]2C. The van der Waals surface area contributed by atoms with E-state index >= 15 is 0 Å². The van der Waals surface area contributed by atoms with Gasteiger partial charge in [0.25, 0.3) is 0 Å². The summed E-state index contributed by atoms with van der Waals surface area (Å²) in [5, 5.41) is 2.64. The first-order chi connectivity index (χ1) is 13.2. The second-order valence-electron chi connectivity index (χ2n) is 6.78. The number of carbonyl (C=O) groups is 1. The molecule has 8 heteroatoms. The van der Waals surface area contributed by atoms with Crippen LogP contribution in [0.2, 0.25) is 0 Å². The maximum atomic E-state index is 13.4. The fourth-order valence-electron chi connectivity index (χ4n) is 3.39. The smallest absolute Gasteiger partial charge is 0.243 e. The molecule has 7 nitrogen and oxygen atoms in total. The predicted molar refractivity (Wildman–Crippen MR) is 106 cm³/mol. The van der Waals surface area contributed by atoms with Crippen LogP contribution in [0.15, 0.2) is 47.4 Å². The Morgan fingerprint density at radius 1 is 1.18 bits per heavy atom. The molecule has 2 aromatic rings. The molecule has 3 rings (SSSR count). The molecule has 0 spiro atoms. The normalized spacial score (nSPS) is 19.9. The first-order valence-electron chi connectivity index (χ1n) is 8.96. The summed E-state index contributed by atoms with van der Waals surface area (Å²) in [6, 6.07) is 10.8. The third kappa shape index (κ3) is 3.83. The molecular formula is C20H24N2O5S. The van der Waals surface area contributed by atoms with Crippen molar-refractivity contribution in [2.24, 2.45) is 0 Å². The summed E-state index contributed by atoms with van der Waals surface area (Å²) >= 11 is 0. The van der Waals surface area contributed by atoms with Gasteiger partial charge in [0, 0.05) is 24.2 Å². The fraction of sp³-hybridized carbons (Fsp3) is 0.350. The molecule has 150 valence electrons. The Hall–Kier alpha value is -2.58. The average Bonchev–Trinajstić information content (AvgIpc) is 2.77. The minimum atomic E-state index is -3.78. The summed E-state index contributed by atoms with van der Waals surface area (Å²) < 4.78 is 39.3. The van der Waals surface area contributed by atoms with Gasteiger partial charge in [-0.3, -0.25) is 4.79 Å². The molecule has 2 aromatic carbocycles. The van der Waals surface area contributed by atoms with Crippen molar-refractivity contribution in [2.45, 2.75) is 37.8 Å². The van der Waals surface area contributed by atoms with Crippen molar-refractivity contribution in [2.75, 3.05) is 19.0 Å². The summed E-state index contributed by atoms with van der Waals surface area (Å²) in [4.78, 5) is 11.3. The van der Waals surface area contributed by atoms with Gasteiger partial charge < -0.3 is 14.8 Å². The first-order valence-corrected chi connectivity index (χ1v) is 10.4. The Balaban J connectivity index is 1.98. The van der Waals surface area contributed by atoms with Crippen molar-refractivity contribution in [1.82, 2.24) is 4.31 Å². The molecule has 1 heterocycles. The van der Waals surface area contributed by atoms with Crippen LogP contribution in [0.25, 0.3) is 0 Å². The van der Waals surface area contributed by atoms with Crippen LogP contribution in [0.3, 0.4) is 0 Å². The van der Waals surface area contributed by atoms with Gasteiger partial charge in [-0.2, -0.15) is 4.31 Å². The number of nitrogens with one attached hydrogen (secondary N) is 1. The van der Waals surface area contributed by atoms with Gasteiger partial charge in [-0.05, 0) is 44.2 Å². The quantitative estimate of drug-likeness (QED) is 0.846. The lowest BCUT2D eigenvalue weighted by molar-refractivity contribution is -0.114. The van der Waals surface area contributed by atoms with Gasteiger partial charge in [-0.25, -0.2) is 8.42 Å². The van der Waals surface area contributed by atoms with Crippen molar-refractivity contribution in [3.63, 3.8) is 0 Å². The van der Waals surface area contributed by atoms with Crippen LogP contribution in [0.1, 0.15) is 32.4 Å². The highest BCUT2D eigenvalue weighted by Gasteiger charge is 2.37. The van der Waals surface area contributed by atoms with Crippen LogP contribution < -0.4 is 14.8 Å². The van der Waals surface area contributed by atoms with Crippen LogP contribution in [0.5, 0.6) is 11.5 Å². The van der Waals surface area contributed by atoms with E-state index in [9.17, 15) is 13.2 Å². The Kier molecular flexibility index (Phi) is 5.62. The predicted octanol–water partition coefficient (Wildman–Crippen LogP) is 3.19. The number of fused-ring (bicyclic) bond motifs is 1. The summed E-state index contributed by atoms with van der Waals surface area (Å²) in [6.07, 6.45) is 0. The maximum Gasteiger partial charge on any atom is 0.243 e. The number of sulfonamides is 1. The van der Waals surface area contributed by atoms with Crippen LogP contribution >= 0.6 is 0 Å². The second-order valence-corrected chi connectivity index (χ2v) is 8.62. The van der Waals surface area contributed by atoms with Crippen LogP contribution in [0, 0.1) is 0 Å². The monoisotopic (exact) mass is 404 g/mol. The standard InChI is InChI=1S/C20H24N2O5S/c1-13-12-27-20-11-17(26-4)7-10-19(20)14(2)22(13)28(24,25)18-8-5-16(6-9-18)21-15(3)23/h5-11,13-14H,12H2,1-4H3,(H,21,23)/t13-,14-/m1/s1. The highest BCUT2D eigenvalue weighted by atomic mass is 32.2. The Bertz CT molecular complexity index is 973. The molecule has 28 heavy (non-hydrogen) atoms. The largest absolute Gasteiger partial charge is 0.497 e. The molecule has 1 aliphatic rings. The Morgan fingerprint density at radius 2 is 1.86 bits per heavy atom. The number of hydrogen-bond acceptors (Lipinski definition) is 5. The van der Waals surface area contributed by atoms with Crippen molar-refractivity contribution < 1.29 is 22.7 Å². The summed E-state index contributed by atoms with van der Waals surface area (Å²) in [5.41, 5.74) is 1.33. The van der Waals surface area contributed by atoms with E-state index in [4.69, 9.17) is 9.47 Å². The zero-order valence-electron chi connectivity index (χ0n) is 16.3. The molecule has 0 bridgehead atoms. The fourth-order valence-corrected chi connectivity index (χ4v) is 5.18. The van der Waals surface area contributed by atoms with E-state index in [1.807, 2.05) is 19.9 Å². The second kappa shape index (κ2) is 7.81. The van der Waals surface area contributed by atoms with Crippen molar-refractivity contribution >= 4 is 21.6 Å². The van der Waals surface area contributed by atoms with Gasteiger partial charge in [0.1, 0.15) is 18.1 Å². The lowest BCUT2D eigenvalue weighted by atomic mass is 10.1. The molecule has 0 aliphatic carbocycles. The zero-order valence-corrected chi connectivity index (χ0v) is 17.1. The summed E-state index contributed by atoms with van der Waals surface area (Å²) in [5.74, 6) is 1.07. The number of benzene rings is 2. The molecule has 0 fully saturated rings. The topological polar surface area (TPSA) is 84.9 Å². The number of anilines is 1. The van der Waals surface area contributed by atoms with Gasteiger partial charge in [-0.1, -0.05) is 6.07 Å². The lowest BCUT2D eigenvalue weighted by Gasteiger charge is -2.31. The summed E-state index contributed by atoms with van der Waals surface area (Å²) in [7, 11) is -2.20. The molecule has 1 N–H and O–H groups in total. The van der Waals surface area contributed by atoms with Gasteiger partial charge in [-0.15, -0.1) is 0 Å². The number of carbonyl (C=O) groups excluding carboxylic acids is 1. The van der Waals surface area contributed by atoms with E-state index < -0.39 is 16.1 Å². The Morgan fingerprint density at radius 3 is 2.46 bits per heavy atom. The van der Waals surface area contributed by atoms with Crippen molar-refractivity contribution in [3.8, 4) is 11.5 Å². The van der Waals surface area contributed by atoms with E-state index in [-0.39, 0.29) is 23.5 Å². The number of nitrogens with zero attached hydrogens (tertiary/aromatic N) is 1. The van der Waals surface area contributed by atoms with Crippen LogP contribution in [-0.2, 0) is 14.8 Å². The minimum absolute atomic E-state index is 0.164. The lowest BCUT2D eigenvalue weighted by Crippen LogP contribution is -2.41.